The molecule has 7 heteroatoms. The summed E-state index contributed by atoms with van der Waals surface area (Å²) in [5.41, 5.74) is 4.31. The Hall–Kier alpha value is -1.61. The minimum atomic E-state index is -0.0342. The fourth-order valence-corrected chi connectivity index (χ4v) is 2.81. The molecule has 0 bridgehead atoms. The lowest BCUT2D eigenvalue weighted by atomic mass is 10.1. The van der Waals surface area contributed by atoms with Crippen LogP contribution >= 0.6 is 39.9 Å². The summed E-state index contributed by atoms with van der Waals surface area (Å²) in [6.45, 7) is 5.25. The molecule has 0 heterocycles. The van der Waals surface area contributed by atoms with Crippen molar-refractivity contribution >= 4 is 57.5 Å². The Bertz CT molecular complexity index is 795. The Morgan fingerprint density at radius 1 is 1.07 bits per heavy atom. The number of benzene rings is 2. The lowest BCUT2D eigenvalue weighted by Crippen LogP contribution is -2.38. The first-order valence-electron chi connectivity index (χ1n) is 8.54. The number of hydrogen-bond acceptors (Lipinski definition) is 2. The number of carbonyl (C=O) groups excluding carboxylic acids is 1. The summed E-state index contributed by atoms with van der Waals surface area (Å²) in [4.78, 5) is 16.3. The zero-order valence-corrected chi connectivity index (χ0v) is 19.7. The minimum Gasteiger partial charge on any atom is -0.356 e. The zero-order chi connectivity index (χ0) is 18.9. The van der Waals surface area contributed by atoms with Gasteiger partial charge in [-0.3, -0.25) is 9.79 Å². The standard InChI is InChI=1S/C20H25BrN4O.HI/c1-14-6-4-5-7-16(14)13-24-20(22-3)23-11-10-19(26)25-18-12-17(21)9-8-15(18)2;/h4-9,12H,10-11,13H2,1-3H3,(H,25,26)(H2,22,23,24);1H. The van der Waals surface area contributed by atoms with Crippen molar-refractivity contribution in [3.63, 3.8) is 0 Å². The number of anilines is 1. The highest BCUT2D eigenvalue weighted by atomic mass is 127. The summed E-state index contributed by atoms with van der Waals surface area (Å²) < 4.78 is 0.942. The predicted molar refractivity (Wildman–Crippen MR) is 127 cm³/mol. The van der Waals surface area contributed by atoms with Gasteiger partial charge in [0, 0.05) is 36.7 Å². The van der Waals surface area contributed by atoms with E-state index in [0.29, 0.717) is 25.5 Å². The quantitative estimate of drug-likeness (QED) is 0.287. The molecule has 0 atom stereocenters. The Morgan fingerprint density at radius 3 is 2.52 bits per heavy atom. The van der Waals surface area contributed by atoms with E-state index in [9.17, 15) is 4.79 Å². The second-order valence-corrected chi connectivity index (χ2v) is 6.95. The average molecular weight is 545 g/mol. The number of aryl methyl sites for hydroxylation is 2. The number of amides is 1. The SMILES string of the molecule is CN=C(NCCC(=O)Nc1cc(Br)ccc1C)NCc1ccccc1C.I. The Morgan fingerprint density at radius 2 is 1.81 bits per heavy atom. The predicted octanol–water partition coefficient (Wildman–Crippen LogP) is 4.38. The van der Waals surface area contributed by atoms with Crippen molar-refractivity contribution in [3.8, 4) is 0 Å². The molecule has 0 fully saturated rings. The molecule has 2 aromatic carbocycles. The number of nitrogens with zero attached hydrogens (tertiary/aromatic N) is 1. The summed E-state index contributed by atoms with van der Waals surface area (Å²) in [5, 5.41) is 9.38. The van der Waals surface area contributed by atoms with Crippen LogP contribution in [-0.4, -0.2) is 25.5 Å². The van der Waals surface area contributed by atoms with Crippen molar-refractivity contribution in [3.05, 3.63) is 63.6 Å². The molecule has 0 unspecified atom stereocenters. The first-order valence-corrected chi connectivity index (χ1v) is 9.34. The van der Waals surface area contributed by atoms with Gasteiger partial charge in [-0.25, -0.2) is 0 Å². The molecule has 0 aliphatic heterocycles. The van der Waals surface area contributed by atoms with E-state index in [1.165, 1.54) is 11.1 Å². The highest BCUT2D eigenvalue weighted by molar-refractivity contribution is 14.0. The van der Waals surface area contributed by atoms with Crippen LogP contribution < -0.4 is 16.0 Å². The molecule has 27 heavy (non-hydrogen) atoms. The largest absolute Gasteiger partial charge is 0.356 e. The molecule has 146 valence electrons. The second kappa shape index (κ2) is 12.0. The third-order valence-electron chi connectivity index (χ3n) is 4.05. The molecule has 2 rings (SSSR count). The van der Waals surface area contributed by atoms with Gasteiger partial charge in [0.05, 0.1) is 0 Å². The van der Waals surface area contributed by atoms with Crippen LogP contribution in [0.5, 0.6) is 0 Å². The molecule has 0 radical (unpaired) electrons. The normalized spacial score (nSPS) is 10.7. The van der Waals surface area contributed by atoms with Gasteiger partial charge in [0.2, 0.25) is 5.91 Å². The maximum Gasteiger partial charge on any atom is 0.226 e. The van der Waals surface area contributed by atoms with E-state index in [1.807, 2.05) is 37.3 Å². The Balaban J connectivity index is 0.00000364. The molecular formula is C20H26BrIN4O. The van der Waals surface area contributed by atoms with Gasteiger partial charge in [0.15, 0.2) is 5.96 Å². The number of carbonyl (C=O) groups is 1. The smallest absolute Gasteiger partial charge is 0.226 e. The molecular weight excluding hydrogens is 519 g/mol. The summed E-state index contributed by atoms with van der Waals surface area (Å²) in [7, 11) is 1.72. The zero-order valence-electron chi connectivity index (χ0n) is 15.8. The van der Waals surface area contributed by atoms with Gasteiger partial charge in [0.25, 0.3) is 0 Å². The Kier molecular flexibility index (Phi) is 10.4. The van der Waals surface area contributed by atoms with Crippen molar-refractivity contribution in [2.75, 3.05) is 18.9 Å². The fourth-order valence-electron chi connectivity index (χ4n) is 2.44. The van der Waals surface area contributed by atoms with E-state index in [1.54, 1.807) is 7.05 Å². The van der Waals surface area contributed by atoms with Crippen LogP contribution in [0.25, 0.3) is 0 Å². The maximum atomic E-state index is 12.1. The van der Waals surface area contributed by atoms with Crippen molar-refractivity contribution in [1.29, 1.82) is 0 Å². The number of nitrogens with one attached hydrogen (secondary N) is 3. The van der Waals surface area contributed by atoms with Crippen molar-refractivity contribution in [1.82, 2.24) is 10.6 Å². The van der Waals surface area contributed by atoms with Crippen LogP contribution in [0.15, 0.2) is 51.9 Å². The van der Waals surface area contributed by atoms with E-state index in [-0.39, 0.29) is 29.9 Å². The summed E-state index contributed by atoms with van der Waals surface area (Å²) in [6.07, 6.45) is 0.358. The molecule has 0 aliphatic rings. The first kappa shape index (κ1) is 23.4. The van der Waals surface area contributed by atoms with Crippen LogP contribution in [0.2, 0.25) is 0 Å². The van der Waals surface area contributed by atoms with E-state index >= 15 is 0 Å². The summed E-state index contributed by atoms with van der Waals surface area (Å²) in [5.74, 6) is 0.646. The van der Waals surface area contributed by atoms with Gasteiger partial charge in [-0.2, -0.15) is 0 Å². The van der Waals surface area contributed by atoms with Gasteiger partial charge < -0.3 is 16.0 Å². The molecule has 5 nitrogen and oxygen atoms in total. The van der Waals surface area contributed by atoms with Crippen LogP contribution in [0.4, 0.5) is 5.69 Å². The van der Waals surface area contributed by atoms with E-state index in [2.05, 4.69) is 55.9 Å². The molecule has 0 spiro atoms. The molecule has 3 N–H and O–H groups in total. The highest BCUT2D eigenvalue weighted by Crippen LogP contribution is 2.20. The molecule has 0 aliphatic carbocycles. The van der Waals surface area contributed by atoms with Gasteiger partial charge >= 0.3 is 0 Å². The van der Waals surface area contributed by atoms with E-state index < -0.39 is 0 Å². The van der Waals surface area contributed by atoms with Gasteiger partial charge in [-0.1, -0.05) is 46.3 Å². The van der Waals surface area contributed by atoms with Crippen molar-refractivity contribution < 1.29 is 4.79 Å². The monoisotopic (exact) mass is 544 g/mol. The van der Waals surface area contributed by atoms with Crippen molar-refractivity contribution in [2.45, 2.75) is 26.8 Å². The molecule has 0 saturated carbocycles. The number of hydrogen-bond donors (Lipinski definition) is 3. The number of rotatable bonds is 6. The second-order valence-electron chi connectivity index (χ2n) is 6.04. The number of aliphatic imine (C=N–C) groups is 1. The highest BCUT2D eigenvalue weighted by Gasteiger charge is 2.06. The lowest BCUT2D eigenvalue weighted by molar-refractivity contribution is -0.116. The molecule has 1 amide bonds. The molecule has 2 aromatic rings. The molecule has 0 aromatic heterocycles. The first-order chi connectivity index (χ1) is 12.5. The van der Waals surface area contributed by atoms with Crippen LogP contribution in [0.3, 0.4) is 0 Å². The fraction of sp³-hybridized carbons (Fsp3) is 0.300. The average Bonchev–Trinajstić information content (AvgIpc) is 2.62. The Labute approximate surface area is 186 Å². The van der Waals surface area contributed by atoms with Gasteiger partial charge in [-0.05, 0) is 42.7 Å². The van der Waals surface area contributed by atoms with Crippen molar-refractivity contribution in [2.24, 2.45) is 4.99 Å². The van der Waals surface area contributed by atoms with Crippen LogP contribution in [0.1, 0.15) is 23.1 Å². The number of halogens is 2. The lowest BCUT2D eigenvalue weighted by Gasteiger charge is -2.13. The van der Waals surface area contributed by atoms with Gasteiger partial charge in [-0.15, -0.1) is 24.0 Å². The third kappa shape index (κ3) is 7.88. The van der Waals surface area contributed by atoms with Crippen LogP contribution in [0, 0.1) is 13.8 Å². The molecule has 0 saturated heterocycles. The van der Waals surface area contributed by atoms with Gasteiger partial charge in [0.1, 0.15) is 0 Å². The number of guanidine groups is 1. The topological polar surface area (TPSA) is 65.5 Å². The minimum absolute atomic E-state index is 0. The van der Waals surface area contributed by atoms with E-state index in [4.69, 9.17) is 0 Å². The van der Waals surface area contributed by atoms with E-state index in [0.717, 1.165) is 15.7 Å². The summed E-state index contributed by atoms with van der Waals surface area (Å²) >= 11 is 3.42. The maximum absolute atomic E-state index is 12.1. The van der Waals surface area contributed by atoms with Crippen LogP contribution in [-0.2, 0) is 11.3 Å². The third-order valence-corrected chi connectivity index (χ3v) is 4.54. The summed E-state index contributed by atoms with van der Waals surface area (Å²) in [6, 6.07) is 14.0.